The molecule has 2 atom stereocenters. The van der Waals surface area contributed by atoms with Gasteiger partial charge in [0.25, 0.3) is 0 Å². The van der Waals surface area contributed by atoms with Crippen molar-refractivity contribution in [3.63, 3.8) is 0 Å². The first-order valence-electron chi connectivity index (χ1n) is 10.4. The Morgan fingerprint density at radius 1 is 0.793 bits per heavy atom. The van der Waals surface area contributed by atoms with E-state index in [2.05, 4.69) is 75.5 Å². The highest BCUT2D eigenvalue weighted by atomic mass is 28.4. The Morgan fingerprint density at radius 3 is 1.69 bits per heavy atom. The molecule has 4 nitrogen and oxygen atoms in total. The molecule has 0 radical (unpaired) electrons. The van der Waals surface area contributed by atoms with Crippen LogP contribution in [0.5, 0.6) is 0 Å². The van der Waals surface area contributed by atoms with E-state index in [0.29, 0.717) is 5.92 Å². The number of benzene rings is 2. The van der Waals surface area contributed by atoms with E-state index < -0.39 is 14.0 Å². The van der Waals surface area contributed by atoms with Crippen molar-refractivity contribution in [3.8, 4) is 0 Å². The fourth-order valence-electron chi connectivity index (χ4n) is 4.63. The standard InChI is InChI=1S/C24H37NO3Si/c1-19(2)23(18-21-14-10-8-11-15-21)24(20(3)4,29(26-5,27-6)28-7)25-22-16-12-9-13-17-22/h8-17,19-20,23,25H,18H2,1-7H3. The quantitative estimate of drug-likeness (QED) is 0.497. The van der Waals surface area contributed by atoms with E-state index in [4.69, 9.17) is 13.3 Å². The maximum absolute atomic E-state index is 6.14. The van der Waals surface area contributed by atoms with Gasteiger partial charge in [0, 0.05) is 27.0 Å². The molecule has 2 rings (SSSR count). The predicted molar refractivity (Wildman–Crippen MR) is 123 cm³/mol. The van der Waals surface area contributed by atoms with Gasteiger partial charge in [0.15, 0.2) is 0 Å². The van der Waals surface area contributed by atoms with Gasteiger partial charge < -0.3 is 18.6 Å². The normalized spacial score (nSPS) is 15.3. The summed E-state index contributed by atoms with van der Waals surface area (Å²) < 4.78 is 18.4. The molecule has 0 fully saturated rings. The monoisotopic (exact) mass is 415 g/mol. The minimum atomic E-state index is -3.13. The number of hydrogen-bond donors (Lipinski definition) is 1. The number of para-hydroxylation sites is 1. The number of anilines is 1. The molecule has 2 aromatic rings. The summed E-state index contributed by atoms with van der Waals surface area (Å²) in [6.07, 6.45) is 0.904. The zero-order valence-electron chi connectivity index (χ0n) is 18.9. The van der Waals surface area contributed by atoms with Crippen molar-refractivity contribution in [3.05, 3.63) is 66.2 Å². The largest absolute Gasteiger partial charge is 0.527 e. The van der Waals surface area contributed by atoms with E-state index in [9.17, 15) is 0 Å². The Hall–Kier alpha value is -1.66. The van der Waals surface area contributed by atoms with Crippen molar-refractivity contribution in [1.29, 1.82) is 0 Å². The fourth-order valence-corrected chi connectivity index (χ4v) is 8.04. The van der Waals surface area contributed by atoms with Gasteiger partial charge in [-0.1, -0.05) is 76.2 Å². The number of rotatable bonds is 11. The Bertz CT molecular complexity index is 711. The Labute approximate surface area is 178 Å². The fraction of sp³-hybridized carbons (Fsp3) is 0.500. The minimum absolute atomic E-state index is 0.199. The average molecular weight is 416 g/mol. The minimum Gasteiger partial charge on any atom is -0.375 e. The zero-order valence-corrected chi connectivity index (χ0v) is 19.9. The van der Waals surface area contributed by atoms with Crippen molar-refractivity contribution in [1.82, 2.24) is 0 Å². The third-order valence-electron chi connectivity index (χ3n) is 6.04. The molecule has 0 aromatic heterocycles. The second kappa shape index (κ2) is 10.4. The van der Waals surface area contributed by atoms with Gasteiger partial charge >= 0.3 is 8.80 Å². The first kappa shape index (κ1) is 23.6. The van der Waals surface area contributed by atoms with Crippen molar-refractivity contribution in [2.75, 3.05) is 26.6 Å². The first-order chi connectivity index (χ1) is 13.9. The molecule has 0 amide bonds. The maximum atomic E-state index is 6.14. The van der Waals surface area contributed by atoms with Crippen LogP contribution in [-0.2, 0) is 19.7 Å². The molecular formula is C24H37NO3Si. The van der Waals surface area contributed by atoms with Crippen LogP contribution < -0.4 is 5.32 Å². The van der Waals surface area contributed by atoms with Crippen molar-refractivity contribution in [2.24, 2.45) is 17.8 Å². The molecule has 5 heteroatoms. The second-order valence-electron chi connectivity index (χ2n) is 8.22. The molecule has 29 heavy (non-hydrogen) atoms. The summed E-state index contributed by atoms with van der Waals surface area (Å²) in [5.41, 5.74) is 2.35. The van der Waals surface area contributed by atoms with Crippen LogP contribution in [0.25, 0.3) is 0 Å². The molecule has 1 N–H and O–H groups in total. The summed E-state index contributed by atoms with van der Waals surface area (Å²) in [7, 11) is 2.00. The smallest absolute Gasteiger partial charge is 0.375 e. The van der Waals surface area contributed by atoms with Crippen molar-refractivity contribution < 1.29 is 13.3 Å². The van der Waals surface area contributed by atoms with Gasteiger partial charge in [-0.25, -0.2) is 0 Å². The van der Waals surface area contributed by atoms with Gasteiger partial charge in [0.1, 0.15) is 5.16 Å². The molecule has 0 aliphatic rings. The molecule has 160 valence electrons. The average Bonchev–Trinajstić information content (AvgIpc) is 2.74. The van der Waals surface area contributed by atoms with E-state index in [1.807, 2.05) is 18.2 Å². The van der Waals surface area contributed by atoms with E-state index in [-0.39, 0.29) is 11.8 Å². The van der Waals surface area contributed by atoms with Gasteiger partial charge in [-0.05, 0) is 41.9 Å². The molecular weight excluding hydrogens is 378 g/mol. The molecule has 0 aliphatic heterocycles. The third kappa shape index (κ3) is 4.74. The van der Waals surface area contributed by atoms with E-state index in [1.54, 1.807) is 21.3 Å². The molecule has 0 saturated carbocycles. The lowest BCUT2D eigenvalue weighted by molar-refractivity contribution is 0.0560. The van der Waals surface area contributed by atoms with Gasteiger partial charge in [0.05, 0.1) is 0 Å². The van der Waals surface area contributed by atoms with Crippen LogP contribution >= 0.6 is 0 Å². The lowest BCUT2D eigenvalue weighted by atomic mass is 9.77. The molecule has 2 aromatic carbocycles. The van der Waals surface area contributed by atoms with Crippen LogP contribution in [0.15, 0.2) is 60.7 Å². The van der Waals surface area contributed by atoms with Gasteiger partial charge in [-0.3, -0.25) is 0 Å². The topological polar surface area (TPSA) is 39.7 Å². The zero-order chi connectivity index (χ0) is 21.5. The number of hydrogen-bond acceptors (Lipinski definition) is 4. The number of nitrogens with one attached hydrogen (secondary N) is 1. The maximum Gasteiger partial charge on any atom is 0.527 e. The van der Waals surface area contributed by atoms with Gasteiger partial charge in [-0.2, -0.15) is 0 Å². The molecule has 2 unspecified atom stereocenters. The third-order valence-corrected chi connectivity index (χ3v) is 9.74. The van der Waals surface area contributed by atoms with E-state index >= 15 is 0 Å². The molecule has 0 bridgehead atoms. The summed E-state index contributed by atoms with van der Waals surface area (Å²) in [4.78, 5) is 0. The molecule has 0 aliphatic carbocycles. The second-order valence-corrected chi connectivity index (χ2v) is 11.4. The molecule has 0 heterocycles. The Balaban J connectivity index is 2.69. The summed E-state index contributed by atoms with van der Waals surface area (Å²) >= 11 is 0. The van der Waals surface area contributed by atoms with Crippen LogP contribution in [0, 0.1) is 17.8 Å². The lowest BCUT2D eigenvalue weighted by Gasteiger charge is -2.53. The van der Waals surface area contributed by atoms with E-state index in [0.717, 1.165) is 12.1 Å². The van der Waals surface area contributed by atoms with Gasteiger partial charge in [-0.15, -0.1) is 0 Å². The van der Waals surface area contributed by atoms with Crippen LogP contribution in [-0.4, -0.2) is 35.3 Å². The van der Waals surface area contributed by atoms with Crippen molar-refractivity contribution in [2.45, 2.75) is 39.3 Å². The summed E-state index contributed by atoms with van der Waals surface area (Å²) in [5.74, 6) is 0.795. The van der Waals surface area contributed by atoms with E-state index in [1.165, 1.54) is 5.56 Å². The molecule has 0 saturated heterocycles. The summed E-state index contributed by atoms with van der Waals surface area (Å²) in [6.45, 7) is 9.01. The highest BCUT2D eigenvalue weighted by Crippen LogP contribution is 2.44. The van der Waals surface area contributed by atoms with Crippen LogP contribution in [0.4, 0.5) is 5.69 Å². The summed E-state index contributed by atoms with van der Waals surface area (Å²) in [5, 5.41) is 3.36. The highest BCUT2D eigenvalue weighted by Gasteiger charge is 2.65. The highest BCUT2D eigenvalue weighted by molar-refractivity contribution is 6.65. The van der Waals surface area contributed by atoms with Gasteiger partial charge in [0.2, 0.25) is 0 Å². The SMILES string of the molecule is CO[Si](OC)(OC)C(Nc1ccccc1)(C(C)C)C(Cc1ccccc1)C(C)C. The van der Waals surface area contributed by atoms with Crippen LogP contribution in [0.2, 0.25) is 0 Å². The Morgan fingerprint density at radius 2 is 1.28 bits per heavy atom. The first-order valence-corrected chi connectivity index (χ1v) is 12.1. The van der Waals surface area contributed by atoms with Crippen molar-refractivity contribution >= 4 is 14.5 Å². The summed E-state index contributed by atoms with van der Waals surface area (Å²) in [6, 6.07) is 21.0. The predicted octanol–water partition coefficient (Wildman–Crippen LogP) is 5.43. The van der Waals surface area contributed by atoms with Crippen LogP contribution in [0.3, 0.4) is 0 Å². The molecule has 0 spiro atoms. The van der Waals surface area contributed by atoms with Crippen LogP contribution in [0.1, 0.15) is 33.3 Å². The lowest BCUT2D eigenvalue weighted by Crippen LogP contribution is -2.74. The Kier molecular flexibility index (Phi) is 8.46.